The van der Waals surface area contributed by atoms with Crippen molar-refractivity contribution in [1.82, 2.24) is 9.62 Å². The van der Waals surface area contributed by atoms with Gasteiger partial charge in [0.25, 0.3) is 0 Å². The molecular formula is C13H19N3O3S. The Balaban J connectivity index is 2.03. The van der Waals surface area contributed by atoms with E-state index < -0.39 is 10.0 Å². The van der Waals surface area contributed by atoms with Crippen LogP contribution in [0.4, 0.5) is 5.69 Å². The number of sulfonamides is 1. The first-order valence-corrected chi connectivity index (χ1v) is 7.89. The second-order valence-electron chi connectivity index (χ2n) is 5.02. The summed E-state index contributed by atoms with van der Waals surface area (Å²) in [5, 5.41) is 5.79. The number of carbonyl (C=O) groups is 1. The number of carbonyl (C=O) groups excluding carboxylic acids is 1. The highest BCUT2D eigenvalue weighted by Gasteiger charge is 2.21. The molecule has 0 spiro atoms. The van der Waals surface area contributed by atoms with Gasteiger partial charge in [-0.25, -0.2) is 12.7 Å². The quantitative estimate of drug-likeness (QED) is 0.807. The van der Waals surface area contributed by atoms with Crippen LogP contribution in [0.5, 0.6) is 0 Å². The van der Waals surface area contributed by atoms with E-state index in [0.29, 0.717) is 11.7 Å². The molecule has 0 saturated heterocycles. The molecule has 2 rings (SSSR count). The highest BCUT2D eigenvalue weighted by atomic mass is 32.2. The van der Waals surface area contributed by atoms with E-state index in [1.54, 1.807) is 12.1 Å². The van der Waals surface area contributed by atoms with Gasteiger partial charge in [-0.3, -0.25) is 4.79 Å². The first-order chi connectivity index (χ1) is 9.39. The standard InChI is InChI=1S/C13H19N3O3S/c1-16(2)20(18,19)12-5-3-4-11(8-12)15-13(17)9-14-10-6-7-10/h3-5,8,10,14H,6-7,9H2,1-2H3,(H,15,17). The number of nitrogens with one attached hydrogen (secondary N) is 2. The molecule has 1 aromatic rings. The van der Waals surface area contributed by atoms with E-state index in [1.165, 1.54) is 26.2 Å². The molecule has 0 radical (unpaired) electrons. The number of amides is 1. The minimum absolute atomic E-state index is 0.162. The molecule has 0 unspecified atom stereocenters. The molecule has 0 aliphatic heterocycles. The molecule has 0 bridgehead atoms. The van der Waals surface area contributed by atoms with Crippen molar-refractivity contribution in [3.63, 3.8) is 0 Å². The number of hydrogen-bond donors (Lipinski definition) is 2. The number of anilines is 1. The number of benzene rings is 1. The fraction of sp³-hybridized carbons (Fsp3) is 0.462. The second-order valence-corrected chi connectivity index (χ2v) is 7.17. The van der Waals surface area contributed by atoms with Gasteiger partial charge in [-0.1, -0.05) is 6.07 Å². The van der Waals surface area contributed by atoms with E-state index in [9.17, 15) is 13.2 Å². The average Bonchev–Trinajstić information content (AvgIpc) is 3.20. The average molecular weight is 297 g/mol. The van der Waals surface area contributed by atoms with Crippen molar-refractivity contribution in [3.05, 3.63) is 24.3 Å². The van der Waals surface area contributed by atoms with Crippen LogP contribution < -0.4 is 10.6 Å². The number of hydrogen-bond acceptors (Lipinski definition) is 4. The second kappa shape index (κ2) is 5.90. The highest BCUT2D eigenvalue weighted by Crippen LogP contribution is 2.19. The molecule has 1 aromatic carbocycles. The Morgan fingerprint density at radius 1 is 1.35 bits per heavy atom. The van der Waals surface area contributed by atoms with E-state index in [0.717, 1.165) is 17.1 Å². The summed E-state index contributed by atoms with van der Waals surface area (Å²) in [6.45, 7) is 0.245. The minimum atomic E-state index is -3.48. The molecule has 0 atom stereocenters. The molecule has 1 amide bonds. The van der Waals surface area contributed by atoms with Crippen LogP contribution >= 0.6 is 0 Å². The maximum Gasteiger partial charge on any atom is 0.242 e. The van der Waals surface area contributed by atoms with Gasteiger partial charge in [0.2, 0.25) is 15.9 Å². The highest BCUT2D eigenvalue weighted by molar-refractivity contribution is 7.89. The molecule has 1 fully saturated rings. The SMILES string of the molecule is CN(C)S(=O)(=O)c1cccc(NC(=O)CNC2CC2)c1. The van der Waals surface area contributed by atoms with Gasteiger partial charge in [0.1, 0.15) is 0 Å². The first kappa shape index (κ1) is 15.0. The Labute approximate surface area is 119 Å². The Morgan fingerprint density at radius 3 is 2.65 bits per heavy atom. The van der Waals surface area contributed by atoms with Crippen LogP contribution in [0, 0.1) is 0 Å². The Hall–Kier alpha value is -1.44. The summed E-state index contributed by atoms with van der Waals surface area (Å²) in [6.07, 6.45) is 2.23. The van der Waals surface area contributed by atoms with E-state index in [2.05, 4.69) is 10.6 Å². The maximum absolute atomic E-state index is 12.0. The fourth-order valence-electron chi connectivity index (χ4n) is 1.67. The zero-order valence-corrected chi connectivity index (χ0v) is 12.4. The Morgan fingerprint density at radius 2 is 2.05 bits per heavy atom. The van der Waals surface area contributed by atoms with E-state index in [4.69, 9.17) is 0 Å². The van der Waals surface area contributed by atoms with Gasteiger partial charge in [0, 0.05) is 25.8 Å². The largest absolute Gasteiger partial charge is 0.325 e. The normalized spacial score (nSPS) is 15.3. The molecule has 1 aliphatic carbocycles. The van der Waals surface area contributed by atoms with Gasteiger partial charge >= 0.3 is 0 Å². The van der Waals surface area contributed by atoms with Crippen LogP contribution in [-0.4, -0.2) is 45.3 Å². The van der Waals surface area contributed by atoms with E-state index >= 15 is 0 Å². The monoisotopic (exact) mass is 297 g/mol. The third kappa shape index (κ3) is 3.78. The van der Waals surface area contributed by atoms with Gasteiger partial charge in [0.15, 0.2) is 0 Å². The fourth-order valence-corrected chi connectivity index (χ4v) is 2.62. The molecule has 7 heteroatoms. The molecule has 0 heterocycles. The third-order valence-electron chi connectivity index (χ3n) is 3.03. The lowest BCUT2D eigenvalue weighted by Crippen LogP contribution is -2.29. The number of rotatable bonds is 6. The van der Waals surface area contributed by atoms with Gasteiger partial charge in [-0.05, 0) is 31.0 Å². The van der Waals surface area contributed by atoms with Crippen LogP contribution in [0.1, 0.15) is 12.8 Å². The summed E-state index contributed by atoms with van der Waals surface area (Å²) < 4.78 is 25.1. The minimum Gasteiger partial charge on any atom is -0.325 e. The summed E-state index contributed by atoms with van der Waals surface area (Å²) in [5.74, 6) is -0.170. The lowest BCUT2D eigenvalue weighted by atomic mass is 10.3. The zero-order chi connectivity index (χ0) is 14.8. The van der Waals surface area contributed by atoms with Crippen molar-refractivity contribution >= 4 is 21.6 Å². The molecule has 1 saturated carbocycles. The smallest absolute Gasteiger partial charge is 0.242 e. The van der Waals surface area contributed by atoms with E-state index in [-0.39, 0.29) is 17.3 Å². The molecule has 110 valence electrons. The molecule has 1 aliphatic rings. The first-order valence-electron chi connectivity index (χ1n) is 6.45. The lowest BCUT2D eigenvalue weighted by molar-refractivity contribution is -0.115. The van der Waals surface area contributed by atoms with Crippen LogP contribution in [0.25, 0.3) is 0 Å². The van der Waals surface area contributed by atoms with Crippen LogP contribution in [0.2, 0.25) is 0 Å². The van der Waals surface area contributed by atoms with Gasteiger partial charge < -0.3 is 10.6 Å². The molecule has 20 heavy (non-hydrogen) atoms. The van der Waals surface area contributed by atoms with Crippen LogP contribution in [0.3, 0.4) is 0 Å². The maximum atomic E-state index is 12.0. The predicted molar refractivity (Wildman–Crippen MR) is 77.0 cm³/mol. The molecule has 0 aromatic heterocycles. The molecular weight excluding hydrogens is 278 g/mol. The summed E-state index contributed by atoms with van der Waals surface area (Å²) >= 11 is 0. The summed E-state index contributed by atoms with van der Waals surface area (Å²) in [6, 6.07) is 6.71. The molecule has 6 nitrogen and oxygen atoms in total. The van der Waals surface area contributed by atoms with E-state index in [1.807, 2.05) is 0 Å². The van der Waals surface area contributed by atoms with Gasteiger partial charge in [-0.2, -0.15) is 0 Å². The Kier molecular flexibility index (Phi) is 4.42. The summed E-state index contributed by atoms with van der Waals surface area (Å²) in [4.78, 5) is 11.9. The summed E-state index contributed by atoms with van der Waals surface area (Å²) in [7, 11) is -0.540. The topological polar surface area (TPSA) is 78.5 Å². The van der Waals surface area contributed by atoms with Gasteiger partial charge in [0.05, 0.1) is 11.4 Å². The van der Waals surface area contributed by atoms with Crippen molar-refractivity contribution in [2.75, 3.05) is 26.0 Å². The number of nitrogens with zero attached hydrogens (tertiary/aromatic N) is 1. The van der Waals surface area contributed by atoms with Crippen molar-refractivity contribution in [2.45, 2.75) is 23.8 Å². The summed E-state index contributed by atoms with van der Waals surface area (Å²) in [5.41, 5.74) is 0.482. The predicted octanol–water partition coefficient (Wildman–Crippen LogP) is 0.627. The van der Waals surface area contributed by atoms with Crippen molar-refractivity contribution < 1.29 is 13.2 Å². The van der Waals surface area contributed by atoms with Crippen molar-refractivity contribution in [3.8, 4) is 0 Å². The zero-order valence-electron chi connectivity index (χ0n) is 11.6. The van der Waals surface area contributed by atoms with Crippen molar-refractivity contribution in [2.24, 2.45) is 0 Å². The van der Waals surface area contributed by atoms with Crippen LogP contribution in [-0.2, 0) is 14.8 Å². The third-order valence-corrected chi connectivity index (χ3v) is 4.84. The molecule has 2 N–H and O–H groups in total. The lowest BCUT2D eigenvalue weighted by Gasteiger charge is -2.12. The van der Waals surface area contributed by atoms with Crippen LogP contribution in [0.15, 0.2) is 29.2 Å². The Bertz CT molecular complexity index is 595. The van der Waals surface area contributed by atoms with Gasteiger partial charge in [-0.15, -0.1) is 0 Å². The van der Waals surface area contributed by atoms with Crippen molar-refractivity contribution in [1.29, 1.82) is 0 Å².